The van der Waals surface area contributed by atoms with Gasteiger partial charge in [-0.25, -0.2) is 15.0 Å². The second-order valence-electron chi connectivity index (χ2n) is 13.4. The van der Waals surface area contributed by atoms with Crippen LogP contribution in [-0.2, 0) is 5.41 Å². The first-order chi connectivity index (χ1) is 25.7. The van der Waals surface area contributed by atoms with Crippen molar-refractivity contribution >= 4 is 31.5 Å². The average molecular weight is 679 g/mol. The molecular formula is C47H26N4S. The number of nitriles is 1. The van der Waals surface area contributed by atoms with E-state index in [1.807, 2.05) is 42.5 Å². The average Bonchev–Trinajstić information content (AvgIpc) is 3.85. The van der Waals surface area contributed by atoms with Gasteiger partial charge in [-0.3, -0.25) is 0 Å². The molecule has 52 heavy (non-hydrogen) atoms. The summed E-state index contributed by atoms with van der Waals surface area (Å²) in [6, 6.07) is 57.6. The second kappa shape index (κ2) is 10.9. The van der Waals surface area contributed by atoms with Crippen molar-refractivity contribution in [3.05, 3.63) is 186 Å². The molecule has 9 aromatic rings. The highest BCUT2D eigenvalue weighted by Crippen LogP contribution is 2.65. The van der Waals surface area contributed by atoms with Crippen LogP contribution in [0.15, 0.2) is 158 Å². The minimum absolute atomic E-state index is 0.632. The molecule has 0 fully saturated rings. The van der Waals surface area contributed by atoms with Crippen molar-refractivity contribution in [2.75, 3.05) is 0 Å². The van der Waals surface area contributed by atoms with E-state index in [1.54, 1.807) is 11.3 Å². The lowest BCUT2D eigenvalue weighted by atomic mass is 9.70. The van der Waals surface area contributed by atoms with E-state index in [9.17, 15) is 5.26 Å². The van der Waals surface area contributed by atoms with Crippen LogP contribution in [-0.4, -0.2) is 15.0 Å². The molecule has 0 aliphatic heterocycles. The lowest BCUT2D eigenvalue weighted by molar-refractivity contribution is 0.794. The Morgan fingerprint density at radius 2 is 1.06 bits per heavy atom. The van der Waals surface area contributed by atoms with Crippen LogP contribution in [0.4, 0.5) is 0 Å². The summed E-state index contributed by atoms with van der Waals surface area (Å²) >= 11 is 1.79. The van der Waals surface area contributed by atoms with Crippen LogP contribution in [0.2, 0.25) is 0 Å². The lowest BCUT2D eigenvalue weighted by Gasteiger charge is -2.31. The standard InChI is InChI=1S/C47H26N4S/c48-27-28-23-24-32-31-17-7-10-20-36(31)47(38(32)25-28)37-21-11-8-18-33(37)41-39(47)26-35(43-42(41)34-19-9-12-22-40(34)52-43)46-50-44(29-13-3-1-4-14-29)49-45(51-46)30-15-5-2-6-16-30/h1-26H. The number of thiophene rings is 1. The van der Waals surface area contributed by atoms with Gasteiger partial charge < -0.3 is 0 Å². The zero-order chi connectivity index (χ0) is 34.4. The second-order valence-corrected chi connectivity index (χ2v) is 14.5. The molecule has 0 radical (unpaired) electrons. The molecule has 0 bridgehead atoms. The van der Waals surface area contributed by atoms with Gasteiger partial charge in [0.15, 0.2) is 17.5 Å². The highest BCUT2D eigenvalue weighted by molar-refractivity contribution is 7.26. The molecule has 0 saturated heterocycles. The third-order valence-electron chi connectivity index (χ3n) is 10.8. The van der Waals surface area contributed by atoms with Gasteiger partial charge in [-0.2, -0.15) is 5.26 Å². The molecule has 1 unspecified atom stereocenters. The summed E-state index contributed by atoms with van der Waals surface area (Å²) in [5.41, 5.74) is 12.4. The fraction of sp³-hybridized carbons (Fsp3) is 0.0213. The largest absolute Gasteiger partial charge is 0.208 e. The van der Waals surface area contributed by atoms with E-state index in [0.717, 1.165) is 32.5 Å². The van der Waals surface area contributed by atoms with Crippen molar-refractivity contribution in [2.24, 2.45) is 0 Å². The predicted molar refractivity (Wildman–Crippen MR) is 210 cm³/mol. The van der Waals surface area contributed by atoms with Crippen molar-refractivity contribution in [3.8, 4) is 62.5 Å². The smallest absolute Gasteiger partial charge is 0.165 e. The summed E-state index contributed by atoms with van der Waals surface area (Å²) in [5, 5.41) is 12.6. The maximum atomic E-state index is 10.2. The highest BCUT2D eigenvalue weighted by atomic mass is 32.1. The van der Waals surface area contributed by atoms with Crippen LogP contribution >= 0.6 is 11.3 Å². The van der Waals surface area contributed by atoms with Gasteiger partial charge in [0.05, 0.1) is 17.0 Å². The molecule has 11 rings (SSSR count). The molecule has 2 aliphatic rings. The van der Waals surface area contributed by atoms with E-state index in [0.29, 0.717) is 23.0 Å². The van der Waals surface area contributed by atoms with Gasteiger partial charge in [-0.15, -0.1) is 11.3 Å². The molecule has 4 nitrogen and oxygen atoms in total. The van der Waals surface area contributed by atoms with E-state index in [2.05, 4.69) is 121 Å². The van der Waals surface area contributed by atoms with E-state index in [1.165, 1.54) is 48.9 Å². The maximum absolute atomic E-state index is 10.2. The van der Waals surface area contributed by atoms with Crippen LogP contribution in [0.3, 0.4) is 0 Å². The van der Waals surface area contributed by atoms with Crippen LogP contribution in [0.1, 0.15) is 27.8 Å². The SMILES string of the molecule is N#Cc1ccc2c(c1)C1(c3ccccc3-2)c2ccccc2-c2c1cc(-c1nc(-c3ccccc3)nc(-c3ccccc3)n1)c1sc3ccccc3c21. The Kier molecular flexibility index (Phi) is 6.07. The summed E-state index contributed by atoms with van der Waals surface area (Å²) in [6.07, 6.45) is 0. The van der Waals surface area contributed by atoms with Crippen molar-refractivity contribution in [1.29, 1.82) is 5.26 Å². The van der Waals surface area contributed by atoms with Gasteiger partial charge in [0.25, 0.3) is 0 Å². The Bertz CT molecular complexity index is 2920. The number of rotatable bonds is 3. The summed E-state index contributed by atoms with van der Waals surface area (Å²) in [5.74, 6) is 1.90. The minimum Gasteiger partial charge on any atom is -0.208 e. The Morgan fingerprint density at radius 1 is 0.481 bits per heavy atom. The monoisotopic (exact) mass is 678 g/mol. The van der Waals surface area contributed by atoms with Gasteiger partial charge in [-0.05, 0) is 68.8 Å². The molecule has 1 atom stereocenters. The molecular weight excluding hydrogens is 653 g/mol. The predicted octanol–water partition coefficient (Wildman–Crippen LogP) is 11.5. The molecule has 7 aromatic carbocycles. The molecule has 0 saturated carbocycles. The zero-order valence-corrected chi connectivity index (χ0v) is 28.5. The van der Waals surface area contributed by atoms with Crippen molar-refractivity contribution in [3.63, 3.8) is 0 Å². The molecule has 240 valence electrons. The van der Waals surface area contributed by atoms with Crippen molar-refractivity contribution in [1.82, 2.24) is 15.0 Å². The summed E-state index contributed by atoms with van der Waals surface area (Å²) < 4.78 is 2.36. The third kappa shape index (κ3) is 3.87. The van der Waals surface area contributed by atoms with E-state index in [-0.39, 0.29) is 0 Å². The first kappa shape index (κ1) is 29.0. The fourth-order valence-corrected chi connectivity index (χ4v) is 9.89. The number of aromatic nitrogens is 3. The first-order valence-electron chi connectivity index (χ1n) is 17.3. The van der Waals surface area contributed by atoms with Crippen molar-refractivity contribution in [2.45, 2.75) is 5.41 Å². The number of hydrogen-bond donors (Lipinski definition) is 0. The van der Waals surface area contributed by atoms with Gasteiger partial charge in [0.2, 0.25) is 0 Å². The summed E-state index contributed by atoms with van der Waals surface area (Å²) in [6.45, 7) is 0. The maximum Gasteiger partial charge on any atom is 0.165 e. The number of hydrogen-bond acceptors (Lipinski definition) is 5. The molecule has 2 heterocycles. The fourth-order valence-electron chi connectivity index (χ4n) is 8.67. The minimum atomic E-state index is -0.645. The Labute approximate surface area is 304 Å². The molecule has 5 heteroatoms. The Balaban J connectivity index is 1.32. The van der Waals surface area contributed by atoms with E-state index in [4.69, 9.17) is 15.0 Å². The number of benzene rings is 7. The van der Waals surface area contributed by atoms with Crippen LogP contribution in [0, 0.1) is 11.3 Å². The third-order valence-corrected chi connectivity index (χ3v) is 12.0. The lowest BCUT2D eigenvalue weighted by Crippen LogP contribution is -2.26. The van der Waals surface area contributed by atoms with Gasteiger partial charge in [0, 0.05) is 36.9 Å². The van der Waals surface area contributed by atoms with E-state index < -0.39 is 5.41 Å². The van der Waals surface area contributed by atoms with Gasteiger partial charge >= 0.3 is 0 Å². The molecule has 1 spiro atoms. The van der Waals surface area contributed by atoms with Crippen LogP contribution < -0.4 is 0 Å². The van der Waals surface area contributed by atoms with Crippen LogP contribution in [0.25, 0.3) is 76.6 Å². The van der Waals surface area contributed by atoms with E-state index >= 15 is 0 Å². The zero-order valence-electron chi connectivity index (χ0n) is 27.7. The normalized spacial score (nSPS) is 15.0. The Hall–Kier alpha value is -6.74. The molecule has 2 aliphatic carbocycles. The number of fused-ring (bicyclic) bond motifs is 14. The van der Waals surface area contributed by atoms with Gasteiger partial charge in [0.1, 0.15) is 0 Å². The summed E-state index contributed by atoms with van der Waals surface area (Å²) in [7, 11) is 0. The highest BCUT2D eigenvalue weighted by Gasteiger charge is 2.52. The molecule has 0 N–H and O–H groups in total. The van der Waals surface area contributed by atoms with Gasteiger partial charge in [-0.1, -0.05) is 133 Å². The molecule has 2 aromatic heterocycles. The first-order valence-corrected chi connectivity index (χ1v) is 18.2. The number of nitrogens with zero attached hydrogens (tertiary/aromatic N) is 4. The Morgan fingerprint density at radius 3 is 1.77 bits per heavy atom. The topological polar surface area (TPSA) is 62.5 Å². The van der Waals surface area contributed by atoms with Crippen molar-refractivity contribution < 1.29 is 0 Å². The van der Waals surface area contributed by atoms with Crippen LogP contribution in [0.5, 0.6) is 0 Å². The quantitative estimate of drug-likeness (QED) is 0.187. The summed E-state index contributed by atoms with van der Waals surface area (Å²) in [4.78, 5) is 15.6. The molecule has 0 amide bonds.